The Morgan fingerprint density at radius 1 is 1.24 bits per heavy atom. The summed E-state index contributed by atoms with van der Waals surface area (Å²) in [5, 5.41) is 14.7. The van der Waals surface area contributed by atoms with Crippen molar-refractivity contribution in [1.29, 1.82) is 0 Å². The van der Waals surface area contributed by atoms with Crippen molar-refractivity contribution in [2.75, 3.05) is 5.32 Å². The van der Waals surface area contributed by atoms with Crippen LogP contribution in [0.2, 0.25) is 5.02 Å². The fourth-order valence-corrected chi connectivity index (χ4v) is 1.98. The number of para-hydroxylation sites is 1. The van der Waals surface area contributed by atoms with E-state index in [9.17, 15) is 9.18 Å². The van der Waals surface area contributed by atoms with Crippen LogP contribution in [-0.4, -0.2) is 16.8 Å². The van der Waals surface area contributed by atoms with Crippen LogP contribution < -0.4 is 5.32 Å². The molecule has 2 N–H and O–H groups in total. The van der Waals surface area contributed by atoms with E-state index in [0.29, 0.717) is 17.0 Å². The Bertz CT molecular complexity index is 717. The quantitative estimate of drug-likeness (QED) is 0.513. The Kier molecular flexibility index (Phi) is 4.55. The van der Waals surface area contributed by atoms with Gasteiger partial charge in [0, 0.05) is 10.6 Å². The summed E-state index contributed by atoms with van der Waals surface area (Å²) in [6.45, 7) is 1.59. The molecule has 0 unspecified atom stereocenters. The summed E-state index contributed by atoms with van der Waals surface area (Å²) < 4.78 is 13.7. The number of hydrogen-bond donors (Lipinski definition) is 2. The largest absolute Gasteiger partial charge is 0.411 e. The zero-order chi connectivity index (χ0) is 15.4. The molecule has 0 heterocycles. The molecule has 0 aromatic heterocycles. The van der Waals surface area contributed by atoms with E-state index in [1.54, 1.807) is 31.2 Å². The normalized spacial score (nSPS) is 11.3. The lowest BCUT2D eigenvalue weighted by atomic mass is 10.1. The number of anilines is 1. The number of carbonyl (C=O) groups is 1. The van der Waals surface area contributed by atoms with Gasteiger partial charge in [-0.1, -0.05) is 35.0 Å². The van der Waals surface area contributed by atoms with Crippen molar-refractivity contribution in [1.82, 2.24) is 0 Å². The van der Waals surface area contributed by atoms with E-state index in [-0.39, 0.29) is 10.6 Å². The average Bonchev–Trinajstić information content (AvgIpc) is 2.46. The van der Waals surface area contributed by atoms with Crippen LogP contribution in [0.15, 0.2) is 47.6 Å². The molecule has 2 rings (SSSR count). The van der Waals surface area contributed by atoms with Gasteiger partial charge in [-0.25, -0.2) is 4.39 Å². The van der Waals surface area contributed by atoms with Crippen molar-refractivity contribution in [2.24, 2.45) is 5.16 Å². The van der Waals surface area contributed by atoms with E-state index in [1.165, 1.54) is 12.1 Å². The predicted molar refractivity (Wildman–Crippen MR) is 79.8 cm³/mol. The molecule has 0 atom stereocenters. The number of oxime groups is 1. The summed E-state index contributed by atoms with van der Waals surface area (Å²) in [4.78, 5) is 12.1. The van der Waals surface area contributed by atoms with E-state index in [0.717, 1.165) is 6.07 Å². The summed E-state index contributed by atoms with van der Waals surface area (Å²) >= 11 is 5.65. The lowest BCUT2D eigenvalue weighted by Gasteiger charge is -2.10. The zero-order valence-electron chi connectivity index (χ0n) is 11.1. The van der Waals surface area contributed by atoms with Gasteiger partial charge in [0.15, 0.2) is 0 Å². The van der Waals surface area contributed by atoms with Crippen LogP contribution in [0.3, 0.4) is 0 Å². The minimum atomic E-state index is -0.704. The van der Waals surface area contributed by atoms with Crippen LogP contribution in [0.4, 0.5) is 10.1 Å². The number of hydrogen-bond acceptors (Lipinski definition) is 3. The fraction of sp³-hybridized carbons (Fsp3) is 0.0667. The standard InChI is InChI=1S/C15H12ClFN2O2/c1-9(19-21)11-4-2-3-5-14(11)18-15(20)12-7-6-10(16)8-13(12)17/h2-8,21H,1H3,(H,18,20)/b19-9+. The van der Waals surface area contributed by atoms with Crippen molar-refractivity contribution in [3.63, 3.8) is 0 Å². The summed E-state index contributed by atoms with van der Waals surface area (Å²) in [7, 11) is 0. The molecule has 1 amide bonds. The molecule has 0 bridgehead atoms. The van der Waals surface area contributed by atoms with Crippen LogP contribution in [0.25, 0.3) is 0 Å². The monoisotopic (exact) mass is 306 g/mol. The lowest BCUT2D eigenvalue weighted by molar-refractivity contribution is 0.102. The van der Waals surface area contributed by atoms with E-state index in [1.807, 2.05) is 0 Å². The van der Waals surface area contributed by atoms with Gasteiger partial charge in [0.05, 0.1) is 17.0 Å². The van der Waals surface area contributed by atoms with Gasteiger partial charge in [-0.3, -0.25) is 4.79 Å². The Balaban J connectivity index is 2.32. The Hall–Kier alpha value is -2.40. The molecule has 0 aliphatic heterocycles. The number of nitrogens with zero attached hydrogens (tertiary/aromatic N) is 1. The van der Waals surface area contributed by atoms with Crippen molar-refractivity contribution in [2.45, 2.75) is 6.92 Å². The Morgan fingerprint density at radius 2 is 1.95 bits per heavy atom. The van der Waals surface area contributed by atoms with Crippen molar-refractivity contribution < 1.29 is 14.4 Å². The number of nitrogens with one attached hydrogen (secondary N) is 1. The Labute approximate surface area is 125 Å². The topological polar surface area (TPSA) is 61.7 Å². The Morgan fingerprint density at radius 3 is 2.62 bits per heavy atom. The van der Waals surface area contributed by atoms with E-state index >= 15 is 0 Å². The van der Waals surface area contributed by atoms with Gasteiger partial charge in [-0.2, -0.15) is 0 Å². The first-order chi connectivity index (χ1) is 10.0. The maximum Gasteiger partial charge on any atom is 0.258 e. The van der Waals surface area contributed by atoms with Gasteiger partial charge in [-0.15, -0.1) is 0 Å². The van der Waals surface area contributed by atoms with Gasteiger partial charge in [0.1, 0.15) is 5.82 Å². The molecule has 0 spiro atoms. The lowest BCUT2D eigenvalue weighted by Crippen LogP contribution is -2.15. The molecule has 0 radical (unpaired) electrons. The average molecular weight is 307 g/mol. The van der Waals surface area contributed by atoms with Crippen LogP contribution in [0.5, 0.6) is 0 Å². The summed E-state index contributed by atoms with van der Waals surface area (Å²) in [6.07, 6.45) is 0. The number of rotatable bonds is 3. The highest BCUT2D eigenvalue weighted by molar-refractivity contribution is 6.30. The van der Waals surface area contributed by atoms with E-state index in [4.69, 9.17) is 16.8 Å². The van der Waals surface area contributed by atoms with Crippen molar-refractivity contribution in [3.05, 3.63) is 64.4 Å². The molecule has 2 aromatic carbocycles. The van der Waals surface area contributed by atoms with Gasteiger partial charge in [0.25, 0.3) is 5.91 Å². The van der Waals surface area contributed by atoms with Crippen LogP contribution >= 0.6 is 11.6 Å². The smallest absolute Gasteiger partial charge is 0.258 e. The number of carbonyl (C=O) groups excluding carboxylic acids is 1. The highest BCUT2D eigenvalue weighted by Gasteiger charge is 2.14. The van der Waals surface area contributed by atoms with Gasteiger partial charge in [-0.05, 0) is 31.2 Å². The van der Waals surface area contributed by atoms with E-state index in [2.05, 4.69) is 10.5 Å². The molecule has 21 heavy (non-hydrogen) atoms. The summed E-state index contributed by atoms with van der Waals surface area (Å²) in [6, 6.07) is 10.6. The first-order valence-corrected chi connectivity index (χ1v) is 6.45. The SMILES string of the molecule is C/C(=N\O)c1ccccc1NC(=O)c1ccc(Cl)cc1F. The first kappa shape index (κ1) is 15.0. The maximum atomic E-state index is 13.7. The molecule has 108 valence electrons. The van der Waals surface area contributed by atoms with Crippen molar-refractivity contribution >= 4 is 28.9 Å². The van der Waals surface area contributed by atoms with Crippen molar-refractivity contribution in [3.8, 4) is 0 Å². The molecular formula is C15H12ClFN2O2. The molecular weight excluding hydrogens is 295 g/mol. The summed E-state index contributed by atoms with van der Waals surface area (Å²) in [5.74, 6) is -1.31. The summed E-state index contributed by atoms with van der Waals surface area (Å²) in [5.41, 5.74) is 1.19. The highest BCUT2D eigenvalue weighted by atomic mass is 35.5. The number of halogens is 2. The van der Waals surface area contributed by atoms with Gasteiger partial charge in [0.2, 0.25) is 0 Å². The second-order valence-corrected chi connectivity index (χ2v) is 4.75. The molecule has 0 fully saturated rings. The molecule has 2 aromatic rings. The second-order valence-electron chi connectivity index (χ2n) is 4.31. The zero-order valence-corrected chi connectivity index (χ0v) is 11.9. The number of amides is 1. The number of benzene rings is 2. The maximum absolute atomic E-state index is 13.7. The fourth-order valence-electron chi connectivity index (χ4n) is 1.82. The van der Waals surface area contributed by atoms with Gasteiger partial charge < -0.3 is 10.5 Å². The first-order valence-electron chi connectivity index (χ1n) is 6.07. The molecule has 4 nitrogen and oxygen atoms in total. The third kappa shape index (κ3) is 3.38. The predicted octanol–water partition coefficient (Wildman–Crippen LogP) is 3.93. The minimum absolute atomic E-state index is 0.118. The van der Waals surface area contributed by atoms with Crippen LogP contribution in [-0.2, 0) is 0 Å². The van der Waals surface area contributed by atoms with E-state index < -0.39 is 11.7 Å². The molecule has 0 saturated heterocycles. The van der Waals surface area contributed by atoms with Gasteiger partial charge >= 0.3 is 0 Å². The molecule has 0 aliphatic carbocycles. The third-order valence-corrected chi connectivity index (χ3v) is 3.13. The van der Waals surface area contributed by atoms with Crippen LogP contribution in [0, 0.1) is 5.82 Å². The molecule has 6 heteroatoms. The highest BCUT2D eigenvalue weighted by Crippen LogP contribution is 2.19. The van der Waals surface area contributed by atoms with Crippen LogP contribution in [0.1, 0.15) is 22.8 Å². The minimum Gasteiger partial charge on any atom is -0.411 e. The second kappa shape index (κ2) is 6.37. The molecule has 0 saturated carbocycles. The molecule has 0 aliphatic rings. The third-order valence-electron chi connectivity index (χ3n) is 2.89.